The molecule has 0 bridgehead atoms. The normalized spacial score (nSPS) is 14.4. The molecule has 0 fully saturated rings. The van der Waals surface area contributed by atoms with E-state index in [1.54, 1.807) is 7.11 Å². The summed E-state index contributed by atoms with van der Waals surface area (Å²) < 4.78 is 10.5. The van der Waals surface area contributed by atoms with Crippen LogP contribution >= 0.6 is 9.24 Å². The van der Waals surface area contributed by atoms with Crippen LogP contribution in [-0.4, -0.2) is 37.1 Å². The van der Waals surface area contributed by atoms with Gasteiger partial charge in [-0.25, -0.2) is 4.79 Å². The molecule has 0 aromatic heterocycles. The van der Waals surface area contributed by atoms with Crippen molar-refractivity contribution in [2.75, 3.05) is 19.8 Å². The summed E-state index contributed by atoms with van der Waals surface area (Å²) in [5.74, 6) is 0.0894. The van der Waals surface area contributed by atoms with Gasteiger partial charge in [-0.1, -0.05) is 6.08 Å². The number of allylic oxidation sites excluding steroid dienone is 2. The molecule has 2 rings (SSSR count). The predicted octanol–water partition coefficient (Wildman–Crippen LogP) is 2.55. The van der Waals surface area contributed by atoms with Crippen LogP contribution in [0.2, 0.25) is 0 Å². The lowest BCUT2D eigenvalue weighted by Crippen LogP contribution is -2.03. The SMILES string of the molecule is COc1c(C)c2c(c(O)c1C/C=C(\C)C=NCC[PH3+])C(=O)OC2. The molecule has 0 spiro atoms. The maximum Gasteiger partial charge on any atom is 0.342 e. The van der Waals surface area contributed by atoms with Crippen molar-refractivity contribution in [1.29, 1.82) is 0 Å². The summed E-state index contributed by atoms with van der Waals surface area (Å²) in [4.78, 5) is 16.1. The smallest absolute Gasteiger partial charge is 0.342 e. The van der Waals surface area contributed by atoms with Crippen molar-refractivity contribution in [2.24, 2.45) is 4.99 Å². The van der Waals surface area contributed by atoms with Gasteiger partial charge in [0, 0.05) is 17.3 Å². The second-order valence-electron chi connectivity index (χ2n) is 5.46. The second kappa shape index (κ2) is 7.60. The number of carbonyl (C=O) groups is 1. The van der Waals surface area contributed by atoms with Crippen LogP contribution in [0.3, 0.4) is 0 Å². The van der Waals surface area contributed by atoms with Gasteiger partial charge in [-0.2, -0.15) is 0 Å². The zero-order valence-corrected chi connectivity index (χ0v) is 15.2. The highest BCUT2D eigenvalue weighted by molar-refractivity contribution is 7.16. The molecule has 23 heavy (non-hydrogen) atoms. The van der Waals surface area contributed by atoms with Crippen LogP contribution in [0, 0.1) is 6.92 Å². The third kappa shape index (κ3) is 3.56. The number of benzene rings is 1. The zero-order chi connectivity index (χ0) is 17.0. The number of esters is 1. The third-order valence-electron chi connectivity index (χ3n) is 3.86. The van der Waals surface area contributed by atoms with E-state index in [1.165, 1.54) is 0 Å². The number of nitrogens with zero attached hydrogens (tertiary/aromatic N) is 1. The molecule has 1 N–H and O–H groups in total. The number of carbonyl (C=O) groups excluding carboxylic acids is 1. The molecule has 1 aliphatic heterocycles. The minimum Gasteiger partial charge on any atom is -0.507 e. The maximum absolute atomic E-state index is 11.8. The number of cyclic esters (lactones) is 1. The number of fused-ring (bicyclic) bond motifs is 1. The van der Waals surface area contributed by atoms with Crippen molar-refractivity contribution in [2.45, 2.75) is 26.9 Å². The average molecular weight is 336 g/mol. The Bertz CT molecular complexity index is 680. The van der Waals surface area contributed by atoms with E-state index in [1.807, 2.05) is 35.4 Å². The van der Waals surface area contributed by atoms with Gasteiger partial charge in [0.25, 0.3) is 0 Å². The van der Waals surface area contributed by atoms with E-state index in [-0.39, 0.29) is 17.9 Å². The summed E-state index contributed by atoms with van der Waals surface area (Å²) in [6.45, 7) is 4.83. The first kappa shape index (κ1) is 17.5. The van der Waals surface area contributed by atoms with E-state index in [9.17, 15) is 9.90 Å². The number of aliphatic imine (C=N–C) groups is 1. The maximum atomic E-state index is 11.8. The highest BCUT2D eigenvalue weighted by atomic mass is 31.0. The number of hydrogen-bond donors (Lipinski definition) is 1. The van der Waals surface area contributed by atoms with Crippen molar-refractivity contribution in [1.82, 2.24) is 0 Å². The molecule has 1 unspecified atom stereocenters. The molecule has 0 radical (unpaired) electrons. The van der Waals surface area contributed by atoms with Gasteiger partial charge in [-0.05, 0) is 40.6 Å². The van der Waals surface area contributed by atoms with E-state index in [4.69, 9.17) is 9.47 Å². The lowest BCUT2D eigenvalue weighted by molar-refractivity contribution is 0.0533. The van der Waals surface area contributed by atoms with Gasteiger partial charge < -0.3 is 14.6 Å². The largest absolute Gasteiger partial charge is 0.507 e. The second-order valence-corrected chi connectivity index (χ2v) is 6.16. The van der Waals surface area contributed by atoms with Crippen LogP contribution in [0.15, 0.2) is 16.6 Å². The number of phenols is 1. The molecule has 1 aliphatic rings. The molecule has 1 aromatic rings. The molecular weight excluding hydrogens is 313 g/mol. The average Bonchev–Trinajstić information content (AvgIpc) is 2.92. The Morgan fingerprint density at radius 3 is 2.91 bits per heavy atom. The minimum absolute atomic E-state index is 0.0410. The number of ether oxygens (including phenoxy) is 2. The van der Waals surface area contributed by atoms with Crippen molar-refractivity contribution in [3.63, 3.8) is 0 Å². The molecule has 0 saturated carbocycles. The Balaban J connectivity index is 2.39. The summed E-state index contributed by atoms with van der Waals surface area (Å²) in [7, 11) is 3.46. The Kier molecular flexibility index (Phi) is 5.78. The fourth-order valence-corrected chi connectivity index (χ4v) is 2.83. The molecular formula is C17H23NO4P+. The summed E-state index contributed by atoms with van der Waals surface area (Å²) in [5, 5.41) is 10.5. The first-order valence-electron chi connectivity index (χ1n) is 7.55. The number of phenolic OH excluding ortho intramolecular Hbond substituents is 1. The summed E-state index contributed by atoms with van der Waals surface area (Å²) in [6, 6.07) is 0. The van der Waals surface area contributed by atoms with Crippen LogP contribution in [0.25, 0.3) is 0 Å². The molecule has 124 valence electrons. The molecule has 0 saturated heterocycles. The topological polar surface area (TPSA) is 68.1 Å². The van der Waals surface area contributed by atoms with Crippen molar-refractivity contribution in [3.05, 3.63) is 33.9 Å². The molecule has 1 aromatic carbocycles. The van der Waals surface area contributed by atoms with Gasteiger partial charge in [0.05, 0.1) is 19.8 Å². The van der Waals surface area contributed by atoms with Gasteiger partial charge in [0.1, 0.15) is 23.7 Å². The fraction of sp³-hybridized carbons (Fsp3) is 0.412. The van der Waals surface area contributed by atoms with Crippen LogP contribution in [0.4, 0.5) is 0 Å². The molecule has 0 aliphatic carbocycles. The first-order chi connectivity index (χ1) is 11.0. The van der Waals surface area contributed by atoms with E-state index in [2.05, 4.69) is 4.99 Å². The summed E-state index contributed by atoms with van der Waals surface area (Å²) in [6.07, 6.45) is 5.28. The van der Waals surface area contributed by atoms with Crippen LogP contribution in [0.5, 0.6) is 11.5 Å². The third-order valence-corrected chi connectivity index (χ3v) is 4.17. The lowest BCUT2D eigenvalue weighted by atomic mass is 9.95. The zero-order valence-electron chi connectivity index (χ0n) is 13.8. The van der Waals surface area contributed by atoms with Gasteiger partial charge in [0.15, 0.2) is 0 Å². The first-order valence-corrected chi connectivity index (χ1v) is 8.55. The highest BCUT2D eigenvalue weighted by Gasteiger charge is 2.31. The molecule has 1 atom stereocenters. The summed E-state index contributed by atoms with van der Waals surface area (Å²) in [5.41, 5.74) is 3.42. The van der Waals surface area contributed by atoms with Crippen molar-refractivity contribution < 1.29 is 19.4 Å². The van der Waals surface area contributed by atoms with E-state index in [0.29, 0.717) is 23.3 Å². The van der Waals surface area contributed by atoms with Gasteiger partial charge in [0.2, 0.25) is 0 Å². The molecule has 1 heterocycles. The number of methoxy groups -OCH3 is 1. The Morgan fingerprint density at radius 1 is 1.52 bits per heavy atom. The molecule has 5 nitrogen and oxygen atoms in total. The standard InChI is InChI=1S/C17H22NO4P/c1-10(8-18-6-7-23)4-5-12-15(19)14-13(9-22-17(14)20)11(2)16(12)21-3/h4,8,19H,5-7,9,23H2,1-3H3/p+1/b10-4+,18-8?. The van der Waals surface area contributed by atoms with Crippen molar-refractivity contribution in [3.8, 4) is 11.5 Å². The minimum atomic E-state index is -0.476. The van der Waals surface area contributed by atoms with Gasteiger partial charge in [-0.3, -0.25) is 4.99 Å². The quantitative estimate of drug-likeness (QED) is 0.492. The highest BCUT2D eigenvalue weighted by Crippen LogP contribution is 2.41. The lowest BCUT2D eigenvalue weighted by Gasteiger charge is -2.15. The molecule has 6 heteroatoms. The van der Waals surface area contributed by atoms with E-state index in [0.717, 1.165) is 23.8 Å². The molecule has 0 amide bonds. The van der Waals surface area contributed by atoms with Crippen molar-refractivity contribution >= 4 is 21.4 Å². The Hall–Kier alpha value is -1.87. The van der Waals surface area contributed by atoms with Crippen LogP contribution < -0.4 is 4.74 Å². The fourth-order valence-electron chi connectivity index (χ4n) is 2.64. The van der Waals surface area contributed by atoms with Gasteiger partial charge in [-0.15, -0.1) is 0 Å². The monoisotopic (exact) mass is 336 g/mol. The Morgan fingerprint density at radius 2 is 2.26 bits per heavy atom. The van der Waals surface area contributed by atoms with E-state index < -0.39 is 5.97 Å². The van der Waals surface area contributed by atoms with Gasteiger partial charge >= 0.3 is 5.97 Å². The number of rotatable bonds is 6. The number of hydrogen-bond acceptors (Lipinski definition) is 5. The summed E-state index contributed by atoms with van der Waals surface area (Å²) >= 11 is 0. The predicted molar refractivity (Wildman–Crippen MR) is 95.3 cm³/mol. The van der Waals surface area contributed by atoms with Crippen LogP contribution in [0.1, 0.15) is 34.0 Å². The van der Waals surface area contributed by atoms with Crippen LogP contribution in [-0.2, 0) is 17.8 Å². The van der Waals surface area contributed by atoms with E-state index >= 15 is 0 Å². The number of aromatic hydroxyl groups is 1. The Labute approximate surface area is 138 Å².